The van der Waals surface area contributed by atoms with Gasteiger partial charge in [-0.1, -0.05) is 42.5 Å². The first-order valence-corrected chi connectivity index (χ1v) is 10.5. The summed E-state index contributed by atoms with van der Waals surface area (Å²) in [4.78, 5) is 21.2. The standard InChI is InChI=1S/C22H24N4OS/c27-22(21-16-28-17-24-21)23-14-18-6-4-5-7-19(18)15-25-10-12-26(13-11-25)20-8-2-1-3-9-20/h1-9,16-17H,10-15H2,(H,23,27). The Morgan fingerprint density at radius 1 is 0.964 bits per heavy atom. The number of benzene rings is 2. The predicted molar refractivity (Wildman–Crippen MR) is 114 cm³/mol. The van der Waals surface area contributed by atoms with E-state index in [1.165, 1.54) is 22.6 Å². The molecule has 0 aliphatic carbocycles. The van der Waals surface area contributed by atoms with Crippen LogP contribution in [0.2, 0.25) is 0 Å². The molecular weight excluding hydrogens is 368 g/mol. The number of piperazine rings is 1. The Hall–Kier alpha value is -2.70. The van der Waals surface area contributed by atoms with Crippen LogP contribution in [0.25, 0.3) is 0 Å². The van der Waals surface area contributed by atoms with Gasteiger partial charge in [-0.3, -0.25) is 9.69 Å². The molecule has 3 aromatic rings. The summed E-state index contributed by atoms with van der Waals surface area (Å²) in [6.45, 7) is 5.57. The number of hydrogen-bond acceptors (Lipinski definition) is 5. The molecule has 2 heterocycles. The largest absolute Gasteiger partial charge is 0.369 e. The maximum absolute atomic E-state index is 12.2. The number of para-hydroxylation sites is 1. The molecule has 1 aliphatic rings. The summed E-state index contributed by atoms with van der Waals surface area (Å²) in [6, 6.07) is 19.0. The second-order valence-corrected chi connectivity index (χ2v) is 7.64. The van der Waals surface area contributed by atoms with Crippen LogP contribution in [0.1, 0.15) is 21.6 Å². The number of hydrogen-bond donors (Lipinski definition) is 1. The van der Waals surface area contributed by atoms with Crippen LogP contribution in [-0.2, 0) is 13.1 Å². The van der Waals surface area contributed by atoms with Crippen LogP contribution >= 0.6 is 11.3 Å². The van der Waals surface area contributed by atoms with E-state index in [-0.39, 0.29) is 5.91 Å². The van der Waals surface area contributed by atoms with E-state index in [1.807, 2.05) is 6.07 Å². The predicted octanol–water partition coefficient (Wildman–Crippen LogP) is 3.40. The van der Waals surface area contributed by atoms with Crippen LogP contribution in [-0.4, -0.2) is 42.0 Å². The first-order chi connectivity index (χ1) is 13.8. The molecule has 28 heavy (non-hydrogen) atoms. The lowest BCUT2D eigenvalue weighted by atomic mass is 10.1. The minimum absolute atomic E-state index is 0.118. The maximum atomic E-state index is 12.2. The van der Waals surface area contributed by atoms with E-state index in [1.54, 1.807) is 10.9 Å². The lowest BCUT2D eigenvalue weighted by Crippen LogP contribution is -2.46. The highest BCUT2D eigenvalue weighted by atomic mass is 32.1. The van der Waals surface area contributed by atoms with E-state index in [2.05, 4.69) is 68.6 Å². The highest BCUT2D eigenvalue weighted by Gasteiger charge is 2.18. The van der Waals surface area contributed by atoms with Crippen molar-refractivity contribution in [1.29, 1.82) is 0 Å². The van der Waals surface area contributed by atoms with Gasteiger partial charge >= 0.3 is 0 Å². The fraction of sp³-hybridized carbons (Fsp3) is 0.273. The van der Waals surface area contributed by atoms with E-state index in [4.69, 9.17) is 0 Å². The SMILES string of the molecule is O=C(NCc1ccccc1CN1CCN(c2ccccc2)CC1)c1cscn1. The summed E-state index contributed by atoms with van der Waals surface area (Å²) < 4.78 is 0. The fourth-order valence-corrected chi connectivity index (χ4v) is 4.05. The van der Waals surface area contributed by atoms with E-state index in [9.17, 15) is 4.79 Å². The Bertz CT molecular complexity index is 890. The van der Waals surface area contributed by atoms with Gasteiger partial charge in [-0.05, 0) is 23.3 Å². The zero-order valence-corrected chi connectivity index (χ0v) is 16.6. The van der Waals surface area contributed by atoms with Crippen molar-refractivity contribution in [3.05, 3.63) is 82.3 Å². The fourth-order valence-electron chi connectivity index (χ4n) is 3.52. The van der Waals surface area contributed by atoms with Crippen LogP contribution in [0.15, 0.2) is 65.5 Å². The second-order valence-electron chi connectivity index (χ2n) is 6.92. The van der Waals surface area contributed by atoms with E-state index >= 15 is 0 Å². The van der Waals surface area contributed by atoms with Gasteiger partial charge in [-0.25, -0.2) is 4.98 Å². The summed E-state index contributed by atoms with van der Waals surface area (Å²) in [6.07, 6.45) is 0. The van der Waals surface area contributed by atoms with Gasteiger partial charge in [0.25, 0.3) is 5.91 Å². The smallest absolute Gasteiger partial charge is 0.271 e. The van der Waals surface area contributed by atoms with E-state index in [0.29, 0.717) is 12.2 Å². The molecule has 1 aliphatic heterocycles. The molecule has 0 unspecified atom stereocenters. The average Bonchev–Trinajstić information content (AvgIpc) is 3.29. The zero-order chi connectivity index (χ0) is 19.2. The lowest BCUT2D eigenvalue weighted by molar-refractivity contribution is 0.0946. The maximum Gasteiger partial charge on any atom is 0.271 e. The van der Waals surface area contributed by atoms with Crippen LogP contribution < -0.4 is 10.2 Å². The molecule has 0 saturated carbocycles. The molecule has 1 amide bonds. The van der Waals surface area contributed by atoms with Gasteiger partial charge in [0.05, 0.1) is 5.51 Å². The Labute approximate surface area is 169 Å². The van der Waals surface area contributed by atoms with Crippen molar-refractivity contribution in [2.45, 2.75) is 13.1 Å². The summed E-state index contributed by atoms with van der Waals surface area (Å²) >= 11 is 1.43. The summed E-state index contributed by atoms with van der Waals surface area (Å²) in [5.74, 6) is -0.118. The van der Waals surface area contributed by atoms with Gasteiger partial charge in [-0.15, -0.1) is 11.3 Å². The van der Waals surface area contributed by atoms with Crippen molar-refractivity contribution < 1.29 is 4.79 Å². The summed E-state index contributed by atoms with van der Waals surface area (Å²) in [5.41, 5.74) is 5.90. The molecule has 0 spiro atoms. The third kappa shape index (κ3) is 4.58. The molecule has 2 aromatic carbocycles. The summed E-state index contributed by atoms with van der Waals surface area (Å²) in [5, 5.41) is 4.76. The lowest BCUT2D eigenvalue weighted by Gasteiger charge is -2.36. The second kappa shape index (κ2) is 8.99. The number of carbonyl (C=O) groups excluding carboxylic acids is 1. The Kier molecular flexibility index (Phi) is 5.99. The van der Waals surface area contributed by atoms with E-state index in [0.717, 1.165) is 38.3 Å². The molecule has 4 rings (SSSR count). The molecule has 1 N–H and O–H groups in total. The number of thiazole rings is 1. The molecule has 6 heteroatoms. The molecular formula is C22H24N4OS. The van der Waals surface area contributed by atoms with Crippen molar-refractivity contribution in [2.24, 2.45) is 0 Å². The number of amides is 1. The van der Waals surface area contributed by atoms with Crippen molar-refractivity contribution in [1.82, 2.24) is 15.2 Å². The molecule has 5 nitrogen and oxygen atoms in total. The van der Waals surface area contributed by atoms with Crippen molar-refractivity contribution >= 4 is 22.9 Å². The topological polar surface area (TPSA) is 48.5 Å². The number of aromatic nitrogens is 1. The summed E-state index contributed by atoms with van der Waals surface area (Å²) in [7, 11) is 0. The van der Waals surface area contributed by atoms with Crippen molar-refractivity contribution in [3.63, 3.8) is 0 Å². The van der Waals surface area contributed by atoms with Gasteiger partial charge in [0.15, 0.2) is 0 Å². The van der Waals surface area contributed by atoms with Gasteiger partial charge in [0.2, 0.25) is 0 Å². The van der Waals surface area contributed by atoms with Gasteiger partial charge < -0.3 is 10.2 Å². The number of anilines is 1. The Balaban J connectivity index is 1.33. The highest BCUT2D eigenvalue weighted by Crippen LogP contribution is 2.18. The van der Waals surface area contributed by atoms with Gasteiger partial charge in [0, 0.05) is 50.3 Å². The first-order valence-electron chi connectivity index (χ1n) is 9.55. The van der Waals surface area contributed by atoms with Crippen molar-refractivity contribution in [2.75, 3.05) is 31.1 Å². The molecule has 1 fully saturated rings. The molecule has 144 valence electrons. The third-order valence-electron chi connectivity index (χ3n) is 5.11. The molecule has 0 bridgehead atoms. The van der Waals surface area contributed by atoms with Gasteiger partial charge in [-0.2, -0.15) is 0 Å². The van der Waals surface area contributed by atoms with E-state index < -0.39 is 0 Å². The van der Waals surface area contributed by atoms with Crippen molar-refractivity contribution in [3.8, 4) is 0 Å². The van der Waals surface area contributed by atoms with Gasteiger partial charge in [0.1, 0.15) is 5.69 Å². The van der Waals surface area contributed by atoms with Crippen LogP contribution in [0.3, 0.4) is 0 Å². The molecule has 1 saturated heterocycles. The average molecular weight is 393 g/mol. The first kappa shape index (κ1) is 18.7. The number of rotatable bonds is 6. The minimum Gasteiger partial charge on any atom is -0.369 e. The van der Waals surface area contributed by atoms with Crippen LogP contribution in [0, 0.1) is 0 Å². The normalized spacial score (nSPS) is 14.8. The number of nitrogens with one attached hydrogen (secondary N) is 1. The van der Waals surface area contributed by atoms with Crippen LogP contribution in [0.5, 0.6) is 0 Å². The third-order valence-corrected chi connectivity index (χ3v) is 5.70. The number of carbonyl (C=O) groups is 1. The molecule has 0 atom stereocenters. The zero-order valence-electron chi connectivity index (χ0n) is 15.8. The highest BCUT2D eigenvalue weighted by molar-refractivity contribution is 7.07. The number of nitrogens with zero attached hydrogens (tertiary/aromatic N) is 3. The van der Waals surface area contributed by atoms with Crippen LogP contribution in [0.4, 0.5) is 5.69 Å². The minimum atomic E-state index is -0.118. The Morgan fingerprint density at radius 3 is 2.39 bits per heavy atom. The molecule has 0 radical (unpaired) electrons. The molecule has 1 aromatic heterocycles. The quantitative estimate of drug-likeness (QED) is 0.699. The monoisotopic (exact) mass is 392 g/mol. The Morgan fingerprint density at radius 2 is 1.68 bits per heavy atom.